The fraction of sp³-hybridized carbons (Fsp3) is 0.458. The van der Waals surface area contributed by atoms with Crippen molar-refractivity contribution in [2.75, 3.05) is 12.4 Å². The predicted octanol–water partition coefficient (Wildman–Crippen LogP) is 5.30. The molecule has 1 aromatic heterocycles. The average molecular weight is 516 g/mol. The highest BCUT2D eigenvalue weighted by atomic mass is 35.5. The molecule has 0 unspecified atom stereocenters. The summed E-state index contributed by atoms with van der Waals surface area (Å²) in [6.45, 7) is 2.78. The summed E-state index contributed by atoms with van der Waals surface area (Å²) in [5.74, 6) is -5.08. The maximum absolute atomic E-state index is 14.0. The van der Waals surface area contributed by atoms with Crippen LogP contribution in [0.4, 0.5) is 23.2 Å². The topological polar surface area (TPSA) is 80.2 Å². The van der Waals surface area contributed by atoms with Gasteiger partial charge in [-0.3, -0.25) is 14.4 Å². The number of nitrogens with one attached hydrogen (secondary N) is 2. The normalized spacial score (nSPS) is 18.9. The fourth-order valence-corrected chi connectivity index (χ4v) is 4.87. The van der Waals surface area contributed by atoms with E-state index in [1.807, 2.05) is 0 Å². The van der Waals surface area contributed by atoms with Gasteiger partial charge in [0.05, 0.1) is 18.2 Å². The molecule has 2 amide bonds. The first kappa shape index (κ1) is 26.7. The van der Waals surface area contributed by atoms with Crippen LogP contribution in [0.3, 0.4) is 0 Å². The van der Waals surface area contributed by atoms with Gasteiger partial charge in [0.2, 0.25) is 5.91 Å². The van der Waals surface area contributed by atoms with Gasteiger partial charge >= 0.3 is 6.18 Å². The van der Waals surface area contributed by atoms with E-state index < -0.39 is 41.6 Å². The van der Waals surface area contributed by atoms with E-state index in [2.05, 4.69) is 10.6 Å². The van der Waals surface area contributed by atoms with E-state index in [9.17, 15) is 31.9 Å². The van der Waals surface area contributed by atoms with Crippen molar-refractivity contribution in [3.63, 3.8) is 0 Å². The summed E-state index contributed by atoms with van der Waals surface area (Å²) in [5, 5.41) is 5.37. The lowest BCUT2D eigenvalue weighted by Crippen LogP contribution is -2.25. The minimum Gasteiger partial charge on any atom is -0.354 e. The van der Waals surface area contributed by atoms with Crippen molar-refractivity contribution < 1.29 is 31.9 Å². The van der Waals surface area contributed by atoms with Crippen molar-refractivity contribution in [1.29, 1.82) is 0 Å². The largest absolute Gasteiger partial charge is 0.391 e. The molecule has 11 heteroatoms. The van der Waals surface area contributed by atoms with Crippen LogP contribution >= 0.6 is 11.6 Å². The molecule has 0 spiro atoms. The molecule has 3 atom stereocenters. The number of rotatable bonds is 7. The van der Waals surface area contributed by atoms with Gasteiger partial charge < -0.3 is 15.2 Å². The van der Waals surface area contributed by atoms with Crippen LogP contribution in [0.15, 0.2) is 24.3 Å². The van der Waals surface area contributed by atoms with Gasteiger partial charge in [0.1, 0.15) is 17.3 Å². The number of hydrogen-bond donors (Lipinski definition) is 2. The highest BCUT2D eigenvalue weighted by Gasteiger charge is 2.46. The van der Waals surface area contributed by atoms with E-state index in [0.717, 1.165) is 0 Å². The maximum atomic E-state index is 14.0. The molecule has 35 heavy (non-hydrogen) atoms. The van der Waals surface area contributed by atoms with Gasteiger partial charge in [-0.05, 0) is 56.0 Å². The first-order valence-electron chi connectivity index (χ1n) is 11.1. The van der Waals surface area contributed by atoms with E-state index in [1.165, 1.54) is 42.8 Å². The lowest BCUT2D eigenvalue weighted by molar-refractivity contribution is -0.173. The monoisotopic (exact) mass is 515 g/mol. The van der Waals surface area contributed by atoms with Crippen LogP contribution < -0.4 is 10.6 Å². The van der Waals surface area contributed by atoms with Gasteiger partial charge in [-0.1, -0.05) is 18.5 Å². The maximum Gasteiger partial charge on any atom is 0.391 e. The predicted molar refractivity (Wildman–Crippen MR) is 123 cm³/mol. The van der Waals surface area contributed by atoms with Crippen LogP contribution in [0.5, 0.6) is 0 Å². The Bertz CT molecular complexity index is 1150. The molecule has 1 aliphatic rings. The second-order valence-electron chi connectivity index (χ2n) is 8.82. The van der Waals surface area contributed by atoms with E-state index in [-0.39, 0.29) is 48.0 Å². The van der Waals surface area contributed by atoms with Crippen molar-refractivity contribution >= 4 is 34.9 Å². The summed E-state index contributed by atoms with van der Waals surface area (Å²) >= 11 is 6.30. The lowest BCUT2D eigenvalue weighted by atomic mass is 9.96. The summed E-state index contributed by atoms with van der Waals surface area (Å²) in [6.07, 6.45) is -4.77. The molecule has 2 N–H and O–H groups in total. The number of benzene rings is 1. The number of hydrogen-bond acceptors (Lipinski definition) is 3. The SMILES string of the molecule is CNC(=O)c1cc(NC(=O)[C@H]2CC[C@H](C(F)(F)F)C2)c([C@@H](C)c2cc(F)ccc2Cl)n1CC(C)=O. The van der Waals surface area contributed by atoms with E-state index in [0.29, 0.717) is 11.3 Å². The van der Waals surface area contributed by atoms with Gasteiger partial charge in [-0.15, -0.1) is 0 Å². The molecule has 0 aliphatic heterocycles. The molecule has 1 fully saturated rings. The Kier molecular flexibility index (Phi) is 7.93. The number of carbonyl (C=O) groups excluding carboxylic acids is 3. The van der Waals surface area contributed by atoms with Crippen molar-refractivity contribution in [1.82, 2.24) is 9.88 Å². The van der Waals surface area contributed by atoms with Crippen LogP contribution in [-0.2, 0) is 16.1 Å². The van der Waals surface area contributed by atoms with Crippen LogP contribution in [0.1, 0.15) is 60.8 Å². The van der Waals surface area contributed by atoms with Gasteiger partial charge in [0.25, 0.3) is 5.91 Å². The molecular weight excluding hydrogens is 490 g/mol. The van der Waals surface area contributed by atoms with Gasteiger partial charge in [0, 0.05) is 29.6 Å². The Morgan fingerprint density at radius 3 is 2.46 bits per heavy atom. The molecule has 1 aliphatic carbocycles. The van der Waals surface area contributed by atoms with E-state index >= 15 is 0 Å². The summed E-state index contributed by atoms with van der Waals surface area (Å²) in [7, 11) is 1.40. The van der Waals surface area contributed by atoms with E-state index in [4.69, 9.17) is 11.6 Å². The highest BCUT2D eigenvalue weighted by molar-refractivity contribution is 6.31. The first-order valence-corrected chi connectivity index (χ1v) is 11.5. The molecule has 1 saturated carbocycles. The number of alkyl halides is 3. The van der Waals surface area contributed by atoms with E-state index in [1.54, 1.807) is 6.92 Å². The first-order chi connectivity index (χ1) is 16.3. The lowest BCUT2D eigenvalue weighted by Gasteiger charge is -2.21. The summed E-state index contributed by atoms with van der Waals surface area (Å²) in [5.41, 5.74) is 0.877. The summed E-state index contributed by atoms with van der Waals surface area (Å²) < 4.78 is 54.7. The Hall–Kier alpha value is -2.88. The zero-order chi connectivity index (χ0) is 26.1. The van der Waals surface area contributed by atoms with Gasteiger partial charge in [-0.25, -0.2) is 4.39 Å². The number of Topliss-reactive ketones (excluding diaryl/α,β-unsaturated/α-hetero) is 1. The standard InChI is InChI=1S/C24H26ClF4N3O3/c1-12(33)11-32-20(23(35)30-3)10-19(21(32)13(2)17-9-16(26)6-7-18(17)25)31-22(34)14-4-5-15(8-14)24(27,28)29/h6-7,9-10,13-15H,4-5,8,11H2,1-3H3,(H,30,35)(H,31,34)/t13-,14-,15-/m0/s1. The van der Waals surface area contributed by atoms with Crippen molar-refractivity contribution in [2.24, 2.45) is 11.8 Å². The number of amides is 2. The van der Waals surface area contributed by atoms with Crippen LogP contribution in [0.25, 0.3) is 0 Å². The third-order valence-corrected chi connectivity index (χ3v) is 6.68. The molecule has 0 bridgehead atoms. The molecule has 0 saturated heterocycles. The zero-order valence-corrected chi connectivity index (χ0v) is 20.2. The average Bonchev–Trinajstić information content (AvgIpc) is 3.40. The second-order valence-corrected chi connectivity index (χ2v) is 9.23. The van der Waals surface area contributed by atoms with Crippen LogP contribution in [0, 0.1) is 17.7 Å². The van der Waals surface area contributed by atoms with Gasteiger partial charge in [-0.2, -0.15) is 13.2 Å². The molecule has 1 heterocycles. The van der Waals surface area contributed by atoms with Gasteiger partial charge in [0.15, 0.2) is 0 Å². The minimum absolute atomic E-state index is 0.0620. The third-order valence-electron chi connectivity index (χ3n) is 6.34. The molecule has 3 rings (SSSR count). The summed E-state index contributed by atoms with van der Waals surface area (Å²) in [4.78, 5) is 37.6. The molecule has 1 aromatic carbocycles. The smallest absolute Gasteiger partial charge is 0.354 e. The molecule has 0 radical (unpaired) electrons. The number of anilines is 1. The molecule has 2 aromatic rings. The number of nitrogens with zero attached hydrogens (tertiary/aromatic N) is 1. The number of aromatic nitrogens is 1. The Labute approximate surface area is 205 Å². The van der Waals surface area contributed by atoms with Crippen LogP contribution in [-0.4, -0.2) is 35.4 Å². The number of ketones is 1. The van der Waals surface area contributed by atoms with Crippen molar-refractivity contribution in [2.45, 2.75) is 51.7 Å². The third kappa shape index (κ3) is 5.86. The highest BCUT2D eigenvalue weighted by Crippen LogP contribution is 2.43. The van der Waals surface area contributed by atoms with Crippen LogP contribution in [0.2, 0.25) is 5.02 Å². The fourth-order valence-electron chi connectivity index (χ4n) is 4.59. The second kappa shape index (κ2) is 10.4. The summed E-state index contributed by atoms with van der Waals surface area (Å²) in [6, 6.07) is 5.14. The van der Waals surface area contributed by atoms with Crippen molar-refractivity contribution in [3.8, 4) is 0 Å². The number of carbonyl (C=O) groups is 3. The Morgan fingerprint density at radius 2 is 1.89 bits per heavy atom. The zero-order valence-electron chi connectivity index (χ0n) is 19.4. The quantitative estimate of drug-likeness (QED) is 0.491. The molecule has 6 nitrogen and oxygen atoms in total. The Balaban J connectivity index is 2.07. The van der Waals surface area contributed by atoms with Crippen molar-refractivity contribution in [3.05, 3.63) is 52.1 Å². The molecule has 190 valence electrons. The number of halogens is 5. The Morgan fingerprint density at radius 1 is 1.20 bits per heavy atom. The molecular formula is C24H26ClF4N3O3. The minimum atomic E-state index is -4.37.